The van der Waals surface area contributed by atoms with Crippen LogP contribution in [0.2, 0.25) is 0 Å². The van der Waals surface area contributed by atoms with Gasteiger partial charge in [0.1, 0.15) is 11.2 Å². The molecule has 0 atom stereocenters. The van der Waals surface area contributed by atoms with E-state index in [1.54, 1.807) is 0 Å². The maximum absolute atomic E-state index is 7.12. The van der Waals surface area contributed by atoms with E-state index in [0.717, 1.165) is 88.2 Å². The van der Waals surface area contributed by atoms with Crippen molar-refractivity contribution in [2.45, 2.75) is 0 Å². The number of fused-ring (bicyclic) bond motifs is 11. The van der Waals surface area contributed by atoms with E-state index in [0.29, 0.717) is 17.5 Å². The summed E-state index contributed by atoms with van der Waals surface area (Å²) in [5.41, 5.74) is 11.2. The quantitative estimate of drug-likeness (QED) is 0.177. The van der Waals surface area contributed by atoms with E-state index >= 15 is 0 Å². The van der Waals surface area contributed by atoms with Crippen molar-refractivity contribution in [3.05, 3.63) is 188 Å². The smallest absolute Gasteiger partial charge is 0.164 e. The average molecular weight is 730 g/mol. The standard InChI is InChI=1S/C51H31N5O/c1-4-14-32(15-5-1)49-52-50(33-16-6-2-7-17-33)54-51(53-49)34-24-26-36(27-25-34)56-42-23-13-11-21-40(42)46-44(56)31-29-38-37-28-30-43-45(47(37)57-48(38)46)39-20-10-12-22-41(39)55(43)35-18-8-3-9-19-35/h1-31H. The van der Waals surface area contributed by atoms with Gasteiger partial charge in [-0.1, -0.05) is 115 Å². The van der Waals surface area contributed by atoms with Gasteiger partial charge in [-0.15, -0.1) is 0 Å². The topological polar surface area (TPSA) is 61.7 Å². The van der Waals surface area contributed by atoms with Crippen LogP contribution in [0, 0.1) is 0 Å². The summed E-state index contributed by atoms with van der Waals surface area (Å²) in [5.74, 6) is 1.91. The summed E-state index contributed by atoms with van der Waals surface area (Å²) in [5, 5.41) is 6.75. The molecule has 0 N–H and O–H groups in total. The monoisotopic (exact) mass is 729 g/mol. The van der Waals surface area contributed by atoms with E-state index in [9.17, 15) is 0 Å². The van der Waals surface area contributed by atoms with E-state index in [2.05, 4.69) is 137 Å². The Balaban J connectivity index is 1.04. The van der Waals surface area contributed by atoms with Gasteiger partial charge in [0, 0.05) is 49.6 Å². The van der Waals surface area contributed by atoms with Crippen molar-refractivity contribution in [2.24, 2.45) is 0 Å². The van der Waals surface area contributed by atoms with Crippen molar-refractivity contribution in [2.75, 3.05) is 0 Å². The van der Waals surface area contributed by atoms with Gasteiger partial charge in [0.15, 0.2) is 17.5 Å². The zero-order valence-electron chi connectivity index (χ0n) is 30.5. The normalized spacial score (nSPS) is 11.9. The van der Waals surface area contributed by atoms with E-state index in [4.69, 9.17) is 19.4 Å². The number of hydrogen-bond donors (Lipinski definition) is 0. The van der Waals surface area contributed by atoms with Crippen LogP contribution >= 0.6 is 0 Å². The van der Waals surface area contributed by atoms with Crippen molar-refractivity contribution in [3.63, 3.8) is 0 Å². The fraction of sp³-hybridized carbons (Fsp3) is 0. The summed E-state index contributed by atoms with van der Waals surface area (Å²) < 4.78 is 11.8. The first-order valence-corrected chi connectivity index (χ1v) is 19.1. The molecule has 0 bridgehead atoms. The van der Waals surface area contributed by atoms with E-state index in [-0.39, 0.29) is 0 Å². The fourth-order valence-electron chi connectivity index (χ4n) is 8.63. The number of nitrogens with zero attached hydrogens (tertiary/aromatic N) is 5. The molecule has 12 rings (SSSR count). The van der Waals surface area contributed by atoms with Gasteiger partial charge in [-0.2, -0.15) is 0 Å². The lowest BCUT2D eigenvalue weighted by Crippen LogP contribution is -2.00. The average Bonchev–Trinajstić information content (AvgIpc) is 3.95. The Morgan fingerprint density at radius 3 is 1.16 bits per heavy atom. The summed E-state index contributed by atoms with van der Waals surface area (Å²) in [4.78, 5) is 14.8. The molecule has 4 heterocycles. The van der Waals surface area contributed by atoms with Gasteiger partial charge < -0.3 is 13.6 Å². The molecular weight excluding hydrogens is 699 g/mol. The lowest BCUT2D eigenvalue weighted by atomic mass is 10.1. The molecule has 0 amide bonds. The van der Waals surface area contributed by atoms with E-state index in [1.807, 2.05) is 60.7 Å². The van der Waals surface area contributed by atoms with Crippen LogP contribution < -0.4 is 0 Å². The minimum atomic E-state index is 0.625. The number of rotatable bonds is 5. The first-order valence-electron chi connectivity index (χ1n) is 19.1. The molecule has 6 heteroatoms. The van der Waals surface area contributed by atoms with Crippen molar-refractivity contribution in [3.8, 4) is 45.5 Å². The number of para-hydroxylation sites is 3. The molecule has 0 spiro atoms. The summed E-state index contributed by atoms with van der Waals surface area (Å²) in [7, 11) is 0. The molecule has 0 aliphatic rings. The summed E-state index contributed by atoms with van der Waals surface area (Å²) in [6.45, 7) is 0. The minimum absolute atomic E-state index is 0.625. The van der Waals surface area contributed by atoms with Crippen LogP contribution in [0.15, 0.2) is 192 Å². The van der Waals surface area contributed by atoms with Gasteiger partial charge in [-0.3, -0.25) is 0 Å². The zero-order chi connectivity index (χ0) is 37.5. The summed E-state index contributed by atoms with van der Waals surface area (Å²) in [6.07, 6.45) is 0. The zero-order valence-corrected chi connectivity index (χ0v) is 30.5. The van der Waals surface area contributed by atoms with Crippen LogP contribution in [-0.4, -0.2) is 24.1 Å². The van der Waals surface area contributed by atoms with E-state index < -0.39 is 0 Å². The van der Waals surface area contributed by atoms with Crippen molar-refractivity contribution < 1.29 is 4.42 Å². The van der Waals surface area contributed by atoms with Crippen LogP contribution in [0.25, 0.3) is 111 Å². The molecule has 12 aromatic rings. The highest BCUT2D eigenvalue weighted by atomic mass is 16.3. The Hall–Kier alpha value is -7.83. The highest BCUT2D eigenvalue weighted by Gasteiger charge is 2.22. The van der Waals surface area contributed by atoms with Crippen molar-refractivity contribution in [1.82, 2.24) is 24.1 Å². The van der Waals surface area contributed by atoms with Crippen LogP contribution in [0.4, 0.5) is 0 Å². The van der Waals surface area contributed by atoms with Crippen LogP contribution in [0.5, 0.6) is 0 Å². The molecule has 0 aliphatic heterocycles. The van der Waals surface area contributed by atoms with E-state index in [1.165, 1.54) is 5.39 Å². The second-order valence-corrected chi connectivity index (χ2v) is 14.4. The molecule has 0 saturated carbocycles. The SMILES string of the molecule is c1ccc(-c2nc(-c3ccccc3)nc(-c3ccc(-n4c5ccccc5c5c6oc7c(ccc8c7c7ccccc7n8-c7ccccc7)c6ccc54)cc3)n2)cc1. The molecule has 0 saturated heterocycles. The van der Waals surface area contributed by atoms with Gasteiger partial charge in [0.2, 0.25) is 0 Å². The first-order chi connectivity index (χ1) is 28.3. The predicted molar refractivity (Wildman–Crippen MR) is 232 cm³/mol. The van der Waals surface area contributed by atoms with Gasteiger partial charge in [-0.25, -0.2) is 15.0 Å². The van der Waals surface area contributed by atoms with Gasteiger partial charge in [0.25, 0.3) is 0 Å². The van der Waals surface area contributed by atoms with Gasteiger partial charge >= 0.3 is 0 Å². The Morgan fingerprint density at radius 2 is 0.684 bits per heavy atom. The third kappa shape index (κ3) is 4.81. The van der Waals surface area contributed by atoms with Crippen LogP contribution in [0.3, 0.4) is 0 Å². The van der Waals surface area contributed by atoms with Gasteiger partial charge in [-0.05, 0) is 72.8 Å². The predicted octanol–water partition coefficient (Wildman–Crippen LogP) is 13.0. The third-order valence-electron chi connectivity index (χ3n) is 11.2. The molecule has 6 nitrogen and oxygen atoms in total. The van der Waals surface area contributed by atoms with Crippen molar-refractivity contribution in [1.29, 1.82) is 0 Å². The molecular formula is C51H31N5O. The molecule has 0 unspecified atom stereocenters. The maximum Gasteiger partial charge on any atom is 0.164 e. The highest BCUT2D eigenvalue weighted by molar-refractivity contribution is 6.29. The maximum atomic E-state index is 7.12. The van der Waals surface area contributed by atoms with Gasteiger partial charge in [0.05, 0.1) is 32.8 Å². The molecule has 8 aromatic carbocycles. The minimum Gasteiger partial charge on any atom is -0.455 e. The lowest BCUT2D eigenvalue weighted by molar-refractivity contribution is 0.677. The largest absolute Gasteiger partial charge is 0.455 e. The summed E-state index contributed by atoms with van der Waals surface area (Å²) in [6, 6.07) is 65.4. The highest BCUT2D eigenvalue weighted by Crippen LogP contribution is 2.44. The Morgan fingerprint density at radius 1 is 0.298 bits per heavy atom. The fourth-order valence-corrected chi connectivity index (χ4v) is 8.63. The number of furan rings is 1. The second kappa shape index (κ2) is 12.3. The molecule has 57 heavy (non-hydrogen) atoms. The lowest BCUT2D eigenvalue weighted by Gasteiger charge is -2.10. The number of aromatic nitrogens is 5. The number of benzene rings is 8. The third-order valence-corrected chi connectivity index (χ3v) is 11.2. The molecule has 0 radical (unpaired) electrons. The van der Waals surface area contributed by atoms with Crippen LogP contribution in [0.1, 0.15) is 0 Å². The summed E-state index contributed by atoms with van der Waals surface area (Å²) >= 11 is 0. The molecule has 0 aliphatic carbocycles. The van der Waals surface area contributed by atoms with Crippen molar-refractivity contribution >= 4 is 65.6 Å². The Kier molecular flexibility index (Phi) is 6.83. The molecule has 0 fully saturated rings. The molecule has 4 aromatic heterocycles. The number of hydrogen-bond acceptors (Lipinski definition) is 4. The van der Waals surface area contributed by atoms with Crippen LogP contribution in [-0.2, 0) is 0 Å². The Labute approximate surface area is 326 Å². The molecule has 266 valence electrons. The second-order valence-electron chi connectivity index (χ2n) is 14.4. The Bertz CT molecular complexity index is 3430. The first kappa shape index (κ1) is 31.5.